The van der Waals surface area contributed by atoms with Gasteiger partial charge in [0.15, 0.2) is 5.11 Å². The average Bonchev–Trinajstić information content (AvgIpc) is 2.94. The van der Waals surface area contributed by atoms with Crippen LogP contribution in [0.25, 0.3) is 0 Å². The second-order valence-electron chi connectivity index (χ2n) is 6.22. The zero-order valence-corrected chi connectivity index (χ0v) is 15.0. The zero-order valence-electron chi connectivity index (χ0n) is 14.2. The monoisotopic (exact) mass is 358 g/mol. The van der Waals surface area contributed by atoms with E-state index in [9.17, 15) is 4.79 Å². The molecule has 1 fully saturated rings. The van der Waals surface area contributed by atoms with Crippen LogP contribution >= 0.6 is 12.2 Å². The molecule has 1 heterocycles. The van der Waals surface area contributed by atoms with E-state index in [1.807, 2.05) is 83.8 Å². The van der Waals surface area contributed by atoms with Crippen LogP contribution in [0.3, 0.4) is 0 Å². The van der Waals surface area contributed by atoms with Gasteiger partial charge in [-0.2, -0.15) is 0 Å². The maximum Gasteiger partial charge on any atom is 0.260 e. The van der Waals surface area contributed by atoms with Crippen molar-refractivity contribution < 1.29 is 4.79 Å². The normalized spacial score (nSPS) is 17.0. The molecule has 1 aliphatic rings. The fourth-order valence-corrected chi connectivity index (χ4v) is 3.67. The van der Waals surface area contributed by atoms with Gasteiger partial charge in [-0.25, -0.2) is 0 Å². The van der Waals surface area contributed by atoms with E-state index in [-0.39, 0.29) is 5.91 Å². The van der Waals surface area contributed by atoms with Crippen LogP contribution in [0, 0.1) is 0 Å². The Labute approximate surface area is 158 Å². The van der Waals surface area contributed by atoms with Crippen LogP contribution in [0.2, 0.25) is 0 Å². The van der Waals surface area contributed by atoms with Gasteiger partial charge in [-0.15, -0.1) is 0 Å². The van der Waals surface area contributed by atoms with E-state index in [4.69, 9.17) is 12.2 Å². The second-order valence-corrected chi connectivity index (χ2v) is 6.58. The standard InChI is InChI=1S/C22H18N2OS/c25-21-20(18-12-6-2-7-13-18)23(16-17-10-4-1-5-11-17)22(26)24(21)19-14-8-3-9-15-19/h1-15,20H,16H2/t20-/m1/s1. The van der Waals surface area contributed by atoms with E-state index >= 15 is 0 Å². The number of rotatable bonds is 4. The predicted molar refractivity (Wildman–Crippen MR) is 108 cm³/mol. The summed E-state index contributed by atoms with van der Waals surface area (Å²) in [5.74, 6) is -0.0108. The number of para-hydroxylation sites is 1. The first-order chi connectivity index (χ1) is 12.8. The lowest BCUT2D eigenvalue weighted by atomic mass is 10.1. The lowest BCUT2D eigenvalue weighted by Gasteiger charge is -2.24. The van der Waals surface area contributed by atoms with Gasteiger partial charge < -0.3 is 4.90 Å². The highest BCUT2D eigenvalue weighted by Gasteiger charge is 2.43. The molecule has 0 aliphatic carbocycles. The Kier molecular flexibility index (Phi) is 4.50. The summed E-state index contributed by atoms with van der Waals surface area (Å²) in [4.78, 5) is 17.0. The zero-order chi connectivity index (χ0) is 17.9. The topological polar surface area (TPSA) is 23.6 Å². The highest BCUT2D eigenvalue weighted by Crippen LogP contribution is 2.35. The molecule has 0 bridgehead atoms. The molecule has 26 heavy (non-hydrogen) atoms. The van der Waals surface area contributed by atoms with Crippen LogP contribution in [0.5, 0.6) is 0 Å². The first kappa shape index (κ1) is 16.5. The number of carbonyl (C=O) groups excluding carboxylic acids is 1. The number of carbonyl (C=O) groups is 1. The molecule has 3 nitrogen and oxygen atoms in total. The van der Waals surface area contributed by atoms with Gasteiger partial charge in [-0.3, -0.25) is 9.69 Å². The van der Waals surface area contributed by atoms with Gasteiger partial charge >= 0.3 is 0 Å². The third-order valence-electron chi connectivity index (χ3n) is 4.53. The minimum atomic E-state index is -0.413. The Morgan fingerprint density at radius 2 is 1.31 bits per heavy atom. The molecule has 3 aromatic rings. The Bertz CT molecular complexity index is 913. The van der Waals surface area contributed by atoms with E-state index in [0.29, 0.717) is 11.7 Å². The van der Waals surface area contributed by atoms with E-state index in [1.54, 1.807) is 4.90 Å². The van der Waals surface area contributed by atoms with Crippen molar-refractivity contribution in [2.75, 3.05) is 4.90 Å². The number of benzene rings is 3. The number of nitrogens with zero attached hydrogens (tertiary/aromatic N) is 2. The summed E-state index contributed by atoms with van der Waals surface area (Å²) in [5, 5.41) is 0.541. The summed E-state index contributed by atoms with van der Waals surface area (Å²) in [5.41, 5.74) is 2.88. The Morgan fingerprint density at radius 1 is 0.769 bits per heavy atom. The van der Waals surface area contributed by atoms with Crippen molar-refractivity contribution in [2.45, 2.75) is 12.6 Å². The molecule has 0 radical (unpaired) electrons. The SMILES string of the molecule is O=C1[C@@H](c2ccccc2)N(Cc2ccccc2)C(=S)N1c1ccccc1. The van der Waals surface area contributed by atoms with Crippen LogP contribution in [-0.2, 0) is 11.3 Å². The average molecular weight is 358 g/mol. The molecule has 0 aromatic heterocycles. The van der Waals surface area contributed by atoms with Crippen molar-refractivity contribution in [3.63, 3.8) is 0 Å². The minimum Gasteiger partial charge on any atom is -0.328 e. The number of thiocarbonyl (C=S) groups is 1. The van der Waals surface area contributed by atoms with Gasteiger partial charge in [0.05, 0.1) is 5.69 Å². The van der Waals surface area contributed by atoms with Crippen molar-refractivity contribution in [3.8, 4) is 0 Å². The number of amides is 1. The van der Waals surface area contributed by atoms with Crippen molar-refractivity contribution in [2.24, 2.45) is 0 Å². The summed E-state index contributed by atoms with van der Waals surface area (Å²) < 4.78 is 0. The van der Waals surface area contributed by atoms with Gasteiger partial charge in [-0.05, 0) is 35.5 Å². The molecule has 1 amide bonds. The van der Waals surface area contributed by atoms with Crippen LogP contribution in [0.1, 0.15) is 17.2 Å². The predicted octanol–water partition coefficient (Wildman–Crippen LogP) is 4.56. The Morgan fingerprint density at radius 3 is 1.92 bits per heavy atom. The fraction of sp³-hybridized carbons (Fsp3) is 0.0909. The Hall–Kier alpha value is -2.98. The van der Waals surface area contributed by atoms with Crippen molar-refractivity contribution >= 4 is 28.9 Å². The van der Waals surface area contributed by atoms with Gasteiger partial charge in [0.1, 0.15) is 6.04 Å². The van der Waals surface area contributed by atoms with Crippen LogP contribution in [0.15, 0.2) is 91.0 Å². The molecule has 1 aliphatic heterocycles. The third-order valence-corrected chi connectivity index (χ3v) is 4.95. The molecule has 1 saturated heterocycles. The summed E-state index contributed by atoms with van der Waals surface area (Å²) in [6.45, 7) is 0.592. The first-order valence-corrected chi connectivity index (χ1v) is 8.95. The molecule has 128 valence electrons. The van der Waals surface area contributed by atoms with Crippen molar-refractivity contribution in [3.05, 3.63) is 102 Å². The minimum absolute atomic E-state index is 0.0108. The second kappa shape index (κ2) is 7.10. The van der Waals surface area contributed by atoms with Crippen LogP contribution in [-0.4, -0.2) is 15.9 Å². The molecule has 3 aromatic carbocycles. The number of hydrogen-bond acceptors (Lipinski definition) is 2. The van der Waals surface area contributed by atoms with Crippen molar-refractivity contribution in [1.82, 2.24) is 4.90 Å². The third kappa shape index (κ3) is 3.00. The molecule has 0 N–H and O–H groups in total. The Balaban J connectivity index is 1.76. The number of anilines is 1. The van der Waals surface area contributed by atoms with Gasteiger partial charge in [0.25, 0.3) is 5.91 Å². The number of hydrogen-bond donors (Lipinski definition) is 0. The molecular formula is C22H18N2OS. The molecule has 4 heteroatoms. The quantitative estimate of drug-likeness (QED) is 0.639. The van der Waals surface area contributed by atoms with E-state index in [0.717, 1.165) is 16.8 Å². The molecular weight excluding hydrogens is 340 g/mol. The maximum absolute atomic E-state index is 13.3. The lowest BCUT2D eigenvalue weighted by molar-refractivity contribution is -0.120. The van der Waals surface area contributed by atoms with Gasteiger partial charge in [0, 0.05) is 6.54 Å². The molecule has 0 spiro atoms. The summed E-state index contributed by atoms with van der Waals surface area (Å²) in [6.07, 6.45) is 0. The summed E-state index contributed by atoms with van der Waals surface area (Å²) in [6, 6.07) is 29.1. The summed E-state index contributed by atoms with van der Waals surface area (Å²) >= 11 is 5.73. The molecule has 0 unspecified atom stereocenters. The van der Waals surface area contributed by atoms with Crippen LogP contribution < -0.4 is 4.90 Å². The van der Waals surface area contributed by atoms with E-state index in [1.165, 1.54) is 0 Å². The molecule has 0 saturated carbocycles. The maximum atomic E-state index is 13.3. The molecule has 4 rings (SSSR count). The van der Waals surface area contributed by atoms with Gasteiger partial charge in [0.2, 0.25) is 0 Å². The lowest BCUT2D eigenvalue weighted by Crippen LogP contribution is -2.32. The van der Waals surface area contributed by atoms with Crippen molar-refractivity contribution in [1.29, 1.82) is 0 Å². The highest BCUT2D eigenvalue weighted by atomic mass is 32.1. The van der Waals surface area contributed by atoms with Gasteiger partial charge in [-0.1, -0.05) is 78.9 Å². The summed E-state index contributed by atoms with van der Waals surface area (Å²) in [7, 11) is 0. The smallest absolute Gasteiger partial charge is 0.260 e. The van der Waals surface area contributed by atoms with Crippen LogP contribution in [0.4, 0.5) is 5.69 Å². The first-order valence-electron chi connectivity index (χ1n) is 8.54. The van der Waals surface area contributed by atoms with E-state index < -0.39 is 6.04 Å². The molecule has 1 atom stereocenters. The van der Waals surface area contributed by atoms with E-state index in [2.05, 4.69) is 12.1 Å². The fourth-order valence-electron chi connectivity index (χ4n) is 3.30. The highest BCUT2D eigenvalue weighted by molar-refractivity contribution is 7.80. The largest absolute Gasteiger partial charge is 0.328 e.